The molecule has 2 unspecified atom stereocenters. The molecular weight excluding hydrogens is 289 g/mol. The van der Waals surface area contributed by atoms with E-state index >= 15 is 0 Å². The first kappa shape index (κ1) is 16.3. The summed E-state index contributed by atoms with van der Waals surface area (Å²) in [5, 5.41) is 9.21. The molecule has 0 aliphatic carbocycles. The lowest BCUT2D eigenvalue weighted by atomic mass is 9.99. The molecule has 1 amide bonds. The third-order valence-corrected chi connectivity index (χ3v) is 3.54. The van der Waals surface area contributed by atoms with E-state index < -0.39 is 35.4 Å². The number of carboxylic acid groups (broad SMARTS) is 1. The summed E-state index contributed by atoms with van der Waals surface area (Å²) in [5.41, 5.74) is -0.379. The summed E-state index contributed by atoms with van der Waals surface area (Å²) in [6.45, 7) is 5.21. The number of nitrogens with zero attached hydrogens (tertiary/aromatic N) is 1. The van der Waals surface area contributed by atoms with Crippen molar-refractivity contribution >= 4 is 12.1 Å². The van der Waals surface area contributed by atoms with Crippen molar-refractivity contribution in [1.29, 1.82) is 0 Å². The van der Waals surface area contributed by atoms with Gasteiger partial charge in [0.2, 0.25) is 0 Å². The van der Waals surface area contributed by atoms with Crippen LogP contribution in [0.4, 0.5) is 9.18 Å². The Morgan fingerprint density at radius 2 is 1.95 bits per heavy atom. The third kappa shape index (κ3) is 3.55. The van der Waals surface area contributed by atoms with E-state index in [2.05, 4.69) is 0 Å². The number of carboxylic acids is 1. The standard InChI is InChI=1S/C16H20FNO4/c1-16(2,3)22-15(21)18-9-10(14(19)20)8-13(18)11-6-4-5-7-12(11)17/h4-7,10,13H,8-9H2,1-3H3,(H,19,20). The normalized spacial score (nSPS) is 21.7. The Bertz CT molecular complexity index is 582. The smallest absolute Gasteiger partial charge is 0.410 e. The lowest BCUT2D eigenvalue weighted by molar-refractivity contribution is -0.141. The summed E-state index contributed by atoms with van der Waals surface area (Å²) in [6, 6.07) is 5.47. The fraction of sp³-hybridized carbons (Fsp3) is 0.500. The van der Waals surface area contributed by atoms with Gasteiger partial charge in [-0.3, -0.25) is 4.79 Å². The summed E-state index contributed by atoms with van der Waals surface area (Å²) >= 11 is 0. The Labute approximate surface area is 128 Å². The molecule has 1 fully saturated rings. The van der Waals surface area contributed by atoms with Crippen LogP contribution in [0.2, 0.25) is 0 Å². The minimum atomic E-state index is -0.993. The predicted octanol–water partition coefficient (Wildman–Crippen LogP) is 3.21. The molecule has 5 nitrogen and oxygen atoms in total. The Kier molecular flexibility index (Phi) is 4.39. The van der Waals surface area contributed by atoms with Crippen molar-refractivity contribution in [3.8, 4) is 0 Å². The van der Waals surface area contributed by atoms with Crippen LogP contribution < -0.4 is 0 Å². The fourth-order valence-corrected chi connectivity index (χ4v) is 2.58. The molecule has 2 rings (SSSR count). The number of hydrogen-bond acceptors (Lipinski definition) is 3. The van der Waals surface area contributed by atoms with Crippen molar-refractivity contribution in [3.05, 3.63) is 35.6 Å². The second kappa shape index (κ2) is 5.94. The topological polar surface area (TPSA) is 66.8 Å². The van der Waals surface area contributed by atoms with Crippen LogP contribution in [-0.2, 0) is 9.53 Å². The van der Waals surface area contributed by atoms with Gasteiger partial charge in [-0.05, 0) is 33.3 Å². The highest BCUT2D eigenvalue weighted by molar-refractivity contribution is 5.75. The molecule has 1 aliphatic rings. The summed E-state index contributed by atoms with van der Waals surface area (Å²) in [4.78, 5) is 24.9. The van der Waals surface area contributed by atoms with E-state index in [4.69, 9.17) is 4.74 Å². The van der Waals surface area contributed by atoms with Gasteiger partial charge in [-0.2, -0.15) is 0 Å². The maximum absolute atomic E-state index is 14.0. The molecule has 6 heteroatoms. The first-order chi connectivity index (χ1) is 10.2. The van der Waals surface area contributed by atoms with E-state index in [1.807, 2.05) is 0 Å². The maximum atomic E-state index is 14.0. The SMILES string of the molecule is CC(C)(C)OC(=O)N1CC(C(=O)O)CC1c1ccccc1F. The number of benzene rings is 1. The van der Waals surface area contributed by atoms with Gasteiger partial charge in [-0.1, -0.05) is 18.2 Å². The van der Waals surface area contributed by atoms with E-state index in [0.29, 0.717) is 5.56 Å². The summed E-state index contributed by atoms with van der Waals surface area (Å²) in [7, 11) is 0. The number of rotatable bonds is 2. The molecule has 0 saturated carbocycles. The molecule has 1 saturated heterocycles. The van der Waals surface area contributed by atoms with Gasteiger partial charge in [0.25, 0.3) is 0 Å². The maximum Gasteiger partial charge on any atom is 0.410 e. The number of ether oxygens (including phenoxy) is 1. The van der Waals surface area contributed by atoms with Crippen LogP contribution in [0.25, 0.3) is 0 Å². The van der Waals surface area contributed by atoms with Gasteiger partial charge in [0.1, 0.15) is 11.4 Å². The Balaban J connectivity index is 2.30. The number of aliphatic carboxylic acids is 1. The molecule has 0 bridgehead atoms. The summed E-state index contributed by atoms with van der Waals surface area (Å²) in [5.74, 6) is -2.17. The van der Waals surface area contributed by atoms with E-state index in [9.17, 15) is 19.1 Å². The highest BCUT2D eigenvalue weighted by Crippen LogP contribution is 2.37. The van der Waals surface area contributed by atoms with Crippen molar-refractivity contribution < 1.29 is 23.8 Å². The summed E-state index contributed by atoms with van der Waals surface area (Å²) in [6.07, 6.45) is -0.445. The minimum Gasteiger partial charge on any atom is -0.481 e. The Morgan fingerprint density at radius 3 is 2.50 bits per heavy atom. The van der Waals surface area contributed by atoms with E-state index in [1.165, 1.54) is 11.0 Å². The predicted molar refractivity (Wildman–Crippen MR) is 77.8 cm³/mol. The molecule has 120 valence electrons. The fourth-order valence-electron chi connectivity index (χ4n) is 2.58. The van der Waals surface area contributed by atoms with Crippen LogP contribution in [-0.4, -0.2) is 34.2 Å². The van der Waals surface area contributed by atoms with Crippen LogP contribution in [0.1, 0.15) is 38.8 Å². The number of carbonyl (C=O) groups excluding carboxylic acids is 1. The van der Waals surface area contributed by atoms with Gasteiger partial charge in [0.05, 0.1) is 12.0 Å². The average molecular weight is 309 g/mol. The van der Waals surface area contributed by atoms with Gasteiger partial charge in [-0.25, -0.2) is 9.18 Å². The molecule has 0 radical (unpaired) electrons. The lowest BCUT2D eigenvalue weighted by Crippen LogP contribution is -2.37. The second-order valence-corrected chi connectivity index (χ2v) is 6.44. The van der Waals surface area contributed by atoms with E-state index in [-0.39, 0.29) is 13.0 Å². The zero-order valence-electron chi connectivity index (χ0n) is 12.9. The minimum absolute atomic E-state index is 0.0171. The molecule has 0 spiro atoms. The van der Waals surface area contributed by atoms with Crippen molar-refractivity contribution in [2.45, 2.75) is 38.8 Å². The zero-order chi connectivity index (χ0) is 16.5. The highest BCUT2D eigenvalue weighted by Gasteiger charge is 2.42. The van der Waals surface area contributed by atoms with Crippen LogP contribution >= 0.6 is 0 Å². The molecule has 1 heterocycles. The van der Waals surface area contributed by atoms with Crippen molar-refractivity contribution in [3.63, 3.8) is 0 Å². The van der Waals surface area contributed by atoms with Crippen LogP contribution in [0.15, 0.2) is 24.3 Å². The molecule has 1 aromatic rings. The lowest BCUT2D eigenvalue weighted by Gasteiger charge is -2.28. The molecule has 0 aromatic heterocycles. The molecule has 2 atom stereocenters. The van der Waals surface area contributed by atoms with Crippen LogP contribution in [0, 0.1) is 11.7 Å². The van der Waals surface area contributed by atoms with Gasteiger partial charge in [0.15, 0.2) is 0 Å². The first-order valence-corrected chi connectivity index (χ1v) is 7.16. The first-order valence-electron chi connectivity index (χ1n) is 7.16. The van der Waals surface area contributed by atoms with Gasteiger partial charge in [0, 0.05) is 12.1 Å². The van der Waals surface area contributed by atoms with Crippen molar-refractivity contribution in [1.82, 2.24) is 4.90 Å². The van der Waals surface area contributed by atoms with Gasteiger partial charge in [-0.15, -0.1) is 0 Å². The van der Waals surface area contributed by atoms with Gasteiger partial charge >= 0.3 is 12.1 Å². The summed E-state index contributed by atoms with van der Waals surface area (Å²) < 4.78 is 19.3. The highest BCUT2D eigenvalue weighted by atomic mass is 19.1. The van der Waals surface area contributed by atoms with Gasteiger partial charge < -0.3 is 14.7 Å². The number of carbonyl (C=O) groups is 2. The zero-order valence-corrected chi connectivity index (χ0v) is 12.9. The molecule has 22 heavy (non-hydrogen) atoms. The molecule has 1 aromatic carbocycles. The van der Waals surface area contributed by atoms with E-state index in [1.54, 1.807) is 39.0 Å². The Morgan fingerprint density at radius 1 is 1.32 bits per heavy atom. The van der Waals surface area contributed by atoms with Crippen LogP contribution in [0.5, 0.6) is 0 Å². The third-order valence-electron chi connectivity index (χ3n) is 3.54. The second-order valence-electron chi connectivity index (χ2n) is 6.44. The number of hydrogen-bond donors (Lipinski definition) is 1. The van der Waals surface area contributed by atoms with E-state index in [0.717, 1.165) is 0 Å². The quantitative estimate of drug-likeness (QED) is 0.911. The monoisotopic (exact) mass is 309 g/mol. The van der Waals surface area contributed by atoms with Crippen molar-refractivity contribution in [2.75, 3.05) is 6.54 Å². The largest absolute Gasteiger partial charge is 0.481 e. The molecular formula is C16H20FNO4. The molecule has 1 N–H and O–H groups in total. The average Bonchev–Trinajstić information content (AvgIpc) is 2.82. The number of likely N-dealkylation sites (tertiary alicyclic amines) is 1. The van der Waals surface area contributed by atoms with Crippen molar-refractivity contribution in [2.24, 2.45) is 5.92 Å². The Hall–Kier alpha value is -2.11. The molecule has 1 aliphatic heterocycles. The van der Waals surface area contributed by atoms with Crippen LogP contribution in [0.3, 0.4) is 0 Å². The number of amides is 1. The number of halogens is 1.